The quantitative estimate of drug-likeness (QED) is 0.584. The van der Waals surface area contributed by atoms with Crippen molar-refractivity contribution in [2.45, 2.75) is 0 Å². The number of hydrogen-bond donors (Lipinski definition) is 1. The number of oxazole rings is 1. The number of fused-ring (bicyclic) bond motifs is 2. The SMILES string of the molecule is O=c1[nH]cnc2oc(-c3sc4ccccc4c3Cl)nc12. The molecule has 4 rings (SSSR count). The molecule has 20 heavy (non-hydrogen) atoms. The van der Waals surface area contributed by atoms with E-state index in [9.17, 15) is 4.79 Å². The average molecular weight is 304 g/mol. The van der Waals surface area contributed by atoms with E-state index in [1.54, 1.807) is 0 Å². The summed E-state index contributed by atoms with van der Waals surface area (Å²) in [6.07, 6.45) is 1.28. The maximum absolute atomic E-state index is 11.6. The normalized spacial score (nSPS) is 11.4. The van der Waals surface area contributed by atoms with Crippen LogP contribution in [-0.4, -0.2) is 15.0 Å². The zero-order valence-corrected chi connectivity index (χ0v) is 11.5. The zero-order chi connectivity index (χ0) is 13.7. The molecule has 0 bridgehead atoms. The Morgan fingerprint density at radius 3 is 2.95 bits per heavy atom. The Kier molecular flexibility index (Phi) is 2.42. The first kappa shape index (κ1) is 11.6. The second-order valence-corrected chi connectivity index (χ2v) is 5.58. The van der Waals surface area contributed by atoms with Crippen LogP contribution in [0.5, 0.6) is 0 Å². The Bertz CT molecular complexity index is 1000. The summed E-state index contributed by atoms with van der Waals surface area (Å²) in [4.78, 5) is 22.9. The fourth-order valence-corrected chi connectivity index (χ4v) is 3.45. The van der Waals surface area contributed by atoms with Gasteiger partial charge in [0, 0.05) is 10.1 Å². The fraction of sp³-hybridized carbons (Fsp3) is 0. The Labute approximate surface area is 120 Å². The molecule has 0 fully saturated rings. The van der Waals surface area contributed by atoms with Crippen LogP contribution in [0.1, 0.15) is 0 Å². The van der Waals surface area contributed by atoms with Crippen LogP contribution in [-0.2, 0) is 0 Å². The third-order valence-electron chi connectivity index (χ3n) is 2.93. The van der Waals surface area contributed by atoms with Crippen molar-refractivity contribution < 1.29 is 4.42 Å². The van der Waals surface area contributed by atoms with Crippen molar-refractivity contribution in [2.24, 2.45) is 0 Å². The standard InChI is InChI=1S/C13H6ClN3O2S/c14-8-6-3-1-2-4-7(6)20-10(8)13-17-9-11(18)15-5-16-12(9)19-13/h1-5H,(H,15,16,18). The summed E-state index contributed by atoms with van der Waals surface area (Å²) in [6, 6.07) is 7.77. The summed E-state index contributed by atoms with van der Waals surface area (Å²) in [7, 11) is 0. The van der Waals surface area contributed by atoms with E-state index in [0.717, 1.165) is 10.1 Å². The molecule has 4 aromatic rings. The van der Waals surface area contributed by atoms with Gasteiger partial charge in [0.05, 0.1) is 11.3 Å². The van der Waals surface area contributed by atoms with Gasteiger partial charge in [0.1, 0.15) is 4.88 Å². The fourth-order valence-electron chi connectivity index (χ4n) is 2.01. The predicted molar refractivity (Wildman–Crippen MR) is 78.3 cm³/mol. The van der Waals surface area contributed by atoms with E-state index in [4.69, 9.17) is 16.0 Å². The highest BCUT2D eigenvalue weighted by molar-refractivity contribution is 7.23. The van der Waals surface area contributed by atoms with Gasteiger partial charge in [0.25, 0.3) is 11.3 Å². The van der Waals surface area contributed by atoms with E-state index in [2.05, 4.69) is 15.0 Å². The molecule has 1 aromatic carbocycles. The maximum atomic E-state index is 11.6. The molecule has 0 aliphatic carbocycles. The van der Waals surface area contributed by atoms with E-state index in [-0.39, 0.29) is 16.8 Å². The highest BCUT2D eigenvalue weighted by atomic mass is 35.5. The molecule has 0 spiro atoms. The third kappa shape index (κ3) is 1.59. The van der Waals surface area contributed by atoms with Gasteiger partial charge in [-0.2, -0.15) is 0 Å². The number of thiophene rings is 1. The molecule has 3 aromatic heterocycles. The molecule has 0 unspecified atom stereocenters. The molecule has 3 heterocycles. The minimum Gasteiger partial charge on any atom is -0.416 e. The topological polar surface area (TPSA) is 71.8 Å². The van der Waals surface area contributed by atoms with Crippen molar-refractivity contribution in [3.05, 3.63) is 46.0 Å². The van der Waals surface area contributed by atoms with E-state index in [0.29, 0.717) is 15.8 Å². The second-order valence-electron chi connectivity index (χ2n) is 4.15. The number of aromatic nitrogens is 3. The van der Waals surface area contributed by atoms with Crippen LogP contribution in [0.3, 0.4) is 0 Å². The van der Waals surface area contributed by atoms with Crippen LogP contribution in [0.15, 0.2) is 39.8 Å². The van der Waals surface area contributed by atoms with Crippen LogP contribution < -0.4 is 5.56 Å². The molecule has 1 N–H and O–H groups in total. The van der Waals surface area contributed by atoms with Crippen LogP contribution >= 0.6 is 22.9 Å². The Morgan fingerprint density at radius 2 is 2.15 bits per heavy atom. The van der Waals surface area contributed by atoms with Crippen molar-refractivity contribution in [2.75, 3.05) is 0 Å². The lowest BCUT2D eigenvalue weighted by molar-refractivity contribution is 0.608. The number of nitrogens with zero attached hydrogens (tertiary/aromatic N) is 2. The zero-order valence-electron chi connectivity index (χ0n) is 9.88. The number of nitrogens with one attached hydrogen (secondary N) is 1. The number of halogens is 1. The third-order valence-corrected chi connectivity index (χ3v) is 4.59. The predicted octanol–water partition coefficient (Wildman–Crippen LogP) is 3.45. The largest absolute Gasteiger partial charge is 0.416 e. The summed E-state index contributed by atoms with van der Waals surface area (Å²) >= 11 is 7.83. The Balaban J connectivity index is 2.03. The lowest BCUT2D eigenvalue weighted by Crippen LogP contribution is -2.05. The van der Waals surface area contributed by atoms with E-state index in [1.165, 1.54) is 17.7 Å². The van der Waals surface area contributed by atoms with Crippen LogP contribution in [0.2, 0.25) is 5.02 Å². The molecule has 0 amide bonds. The molecular formula is C13H6ClN3O2S. The Hall–Kier alpha value is -2.18. The van der Waals surface area contributed by atoms with E-state index < -0.39 is 0 Å². The molecular weight excluding hydrogens is 298 g/mol. The first-order valence-electron chi connectivity index (χ1n) is 5.75. The lowest BCUT2D eigenvalue weighted by Gasteiger charge is -1.89. The average Bonchev–Trinajstić information content (AvgIpc) is 3.02. The van der Waals surface area contributed by atoms with Crippen molar-refractivity contribution in [3.63, 3.8) is 0 Å². The van der Waals surface area contributed by atoms with Gasteiger partial charge in [0.15, 0.2) is 5.52 Å². The monoisotopic (exact) mass is 303 g/mol. The molecule has 0 saturated heterocycles. The van der Waals surface area contributed by atoms with Crippen molar-refractivity contribution in [1.29, 1.82) is 0 Å². The summed E-state index contributed by atoms with van der Waals surface area (Å²) < 4.78 is 6.57. The number of H-pyrrole nitrogens is 1. The highest BCUT2D eigenvalue weighted by Crippen LogP contribution is 2.41. The summed E-state index contributed by atoms with van der Waals surface area (Å²) in [5.41, 5.74) is 0.0514. The molecule has 0 aliphatic rings. The molecule has 5 nitrogen and oxygen atoms in total. The number of benzene rings is 1. The van der Waals surface area contributed by atoms with Crippen LogP contribution in [0, 0.1) is 0 Å². The van der Waals surface area contributed by atoms with Gasteiger partial charge in [-0.05, 0) is 6.07 Å². The molecule has 7 heteroatoms. The van der Waals surface area contributed by atoms with Crippen molar-refractivity contribution >= 4 is 44.3 Å². The van der Waals surface area contributed by atoms with Crippen LogP contribution in [0.4, 0.5) is 0 Å². The maximum Gasteiger partial charge on any atom is 0.280 e. The van der Waals surface area contributed by atoms with Gasteiger partial charge < -0.3 is 9.40 Å². The van der Waals surface area contributed by atoms with E-state index >= 15 is 0 Å². The Morgan fingerprint density at radius 1 is 1.30 bits per heavy atom. The molecule has 98 valence electrons. The van der Waals surface area contributed by atoms with Crippen molar-refractivity contribution in [3.8, 4) is 10.8 Å². The molecule has 0 radical (unpaired) electrons. The van der Waals surface area contributed by atoms with Crippen LogP contribution in [0.25, 0.3) is 32.1 Å². The van der Waals surface area contributed by atoms with E-state index in [1.807, 2.05) is 24.3 Å². The lowest BCUT2D eigenvalue weighted by atomic mass is 10.2. The number of rotatable bonds is 1. The second kappa shape index (κ2) is 4.16. The van der Waals surface area contributed by atoms with Gasteiger partial charge in [-0.25, -0.2) is 9.97 Å². The first-order valence-corrected chi connectivity index (χ1v) is 6.95. The minimum absolute atomic E-state index is 0.177. The minimum atomic E-state index is -0.331. The smallest absolute Gasteiger partial charge is 0.280 e. The van der Waals surface area contributed by atoms with Gasteiger partial charge in [-0.3, -0.25) is 4.79 Å². The highest BCUT2D eigenvalue weighted by Gasteiger charge is 2.18. The van der Waals surface area contributed by atoms with Gasteiger partial charge in [0.2, 0.25) is 5.89 Å². The number of hydrogen-bond acceptors (Lipinski definition) is 5. The summed E-state index contributed by atoms with van der Waals surface area (Å²) in [5, 5.41) is 1.52. The summed E-state index contributed by atoms with van der Waals surface area (Å²) in [6.45, 7) is 0. The molecule has 0 aliphatic heterocycles. The van der Waals surface area contributed by atoms with Gasteiger partial charge in [-0.1, -0.05) is 29.8 Å². The first-order chi connectivity index (χ1) is 9.74. The summed E-state index contributed by atoms with van der Waals surface area (Å²) in [5.74, 6) is 0.315. The van der Waals surface area contributed by atoms with Crippen molar-refractivity contribution in [1.82, 2.24) is 15.0 Å². The number of aromatic amines is 1. The van der Waals surface area contributed by atoms with Gasteiger partial charge >= 0.3 is 0 Å². The van der Waals surface area contributed by atoms with Gasteiger partial charge in [-0.15, -0.1) is 11.3 Å². The molecule has 0 saturated carbocycles. The molecule has 0 atom stereocenters.